The van der Waals surface area contributed by atoms with Crippen molar-refractivity contribution in [1.29, 1.82) is 0 Å². The Morgan fingerprint density at radius 1 is 0.879 bits per heavy atom. The molecule has 3 aromatic carbocycles. The summed E-state index contributed by atoms with van der Waals surface area (Å²) in [7, 11) is 0. The van der Waals surface area contributed by atoms with Gasteiger partial charge in [0, 0.05) is 30.8 Å². The lowest BCUT2D eigenvalue weighted by molar-refractivity contribution is -0.112. The van der Waals surface area contributed by atoms with Gasteiger partial charge in [0.05, 0.1) is 6.04 Å². The smallest absolute Gasteiger partial charge is 0.193 e. The monoisotopic (exact) mass is 438 g/mol. The van der Waals surface area contributed by atoms with Crippen molar-refractivity contribution in [1.82, 2.24) is 9.80 Å². The van der Waals surface area contributed by atoms with Crippen molar-refractivity contribution >= 4 is 12.1 Å². The Morgan fingerprint density at radius 3 is 2.36 bits per heavy atom. The first-order valence-electron chi connectivity index (χ1n) is 11.9. The van der Waals surface area contributed by atoms with Crippen LogP contribution in [0.3, 0.4) is 0 Å². The summed E-state index contributed by atoms with van der Waals surface area (Å²) in [4.78, 5) is 29.6. The van der Waals surface area contributed by atoms with Crippen molar-refractivity contribution in [2.24, 2.45) is 5.92 Å². The number of fused-ring (bicyclic) bond motifs is 1. The van der Waals surface area contributed by atoms with Crippen LogP contribution in [-0.4, -0.2) is 41.5 Å². The van der Waals surface area contributed by atoms with Crippen LogP contribution in [0.4, 0.5) is 0 Å². The molecule has 1 fully saturated rings. The molecule has 0 spiro atoms. The van der Waals surface area contributed by atoms with E-state index in [-0.39, 0.29) is 11.8 Å². The summed E-state index contributed by atoms with van der Waals surface area (Å²) in [6.45, 7) is 4.67. The van der Waals surface area contributed by atoms with Crippen LogP contribution < -0.4 is 0 Å². The molecular formula is C29H30N2O2. The van der Waals surface area contributed by atoms with E-state index < -0.39 is 0 Å². The van der Waals surface area contributed by atoms with Gasteiger partial charge in [-0.15, -0.1) is 0 Å². The SMILES string of the molecule is O=CC1c2ccccc2CN1CC1CCN(Cc2ccccc2C(=O)c2ccccc2)CC1. The van der Waals surface area contributed by atoms with Crippen molar-refractivity contribution in [3.8, 4) is 0 Å². The highest BCUT2D eigenvalue weighted by Gasteiger charge is 2.32. The molecule has 2 aliphatic heterocycles. The third kappa shape index (κ3) is 4.68. The van der Waals surface area contributed by atoms with Crippen molar-refractivity contribution in [3.05, 3.63) is 107 Å². The zero-order chi connectivity index (χ0) is 22.6. The highest BCUT2D eigenvalue weighted by Crippen LogP contribution is 2.34. The standard InChI is InChI=1S/C29H30N2O2/c32-21-28-26-12-6-4-11-25(26)20-31(28)18-22-14-16-30(17-15-22)19-24-10-5-7-13-27(24)29(33)23-8-2-1-3-9-23/h1-13,21-22,28H,14-20H2. The quantitative estimate of drug-likeness (QED) is 0.389. The van der Waals surface area contributed by atoms with E-state index in [4.69, 9.17) is 0 Å². The predicted molar refractivity (Wildman–Crippen MR) is 130 cm³/mol. The van der Waals surface area contributed by atoms with Gasteiger partial charge in [0.2, 0.25) is 0 Å². The lowest BCUT2D eigenvalue weighted by atomic mass is 9.94. The van der Waals surface area contributed by atoms with Gasteiger partial charge in [-0.05, 0) is 48.5 Å². The largest absolute Gasteiger partial charge is 0.301 e. The van der Waals surface area contributed by atoms with E-state index in [1.807, 2.05) is 54.6 Å². The van der Waals surface area contributed by atoms with E-state index in [1.54, 1.807) is 0 Å². The van der Waals surface area contributed by atoms with Crippen LogP contribution in [0.2, 0.25) is 0 Å². The summed E-state index contributed by atoms with van der Waals surface area (Å²) in [6.07, 6.45) is 3.34. The summed E-state index contributed by atoms with van der Waals surface area (Å²) in [5.74, 6) is 0.689. The summed E-state index contributed by atoms with van der Waals surface area (Å²) >= 11 is 0. The van der Waals surface area contributed by atoms with E-state index in [1.165, 1.54) is 11.1 Å². The van der Waals surface area contributed by atoms with Crippen molar-refractivity contribution in [2.75, 3.05) is 19.6 Å². The zero-order valence-electron chi connectivity index (χ0n) is 18.9. The Bertz CT molecular complexity index is 1120. The third-order valence-electron chi connectivity index (χ3n) is 7.16. The van der Waals surface area contributed by atoms with Gasteiger partial charge >= 0.3 is 0 Å². The van der Waals surface area contributed by atoms with Gasteiger partial charge in [0.15, 0.2) is 5.78 Å². The number of hydrogen-bond donors (Lipinski definition) is 0. The predicted octanol–water partition coefficient (Wildman–Crippen LogP) is 4.89. The molecule has 0 bridgehead atoms. The maximum Gasteiger partial charge on any atom is 0.193 e. The lowest BCUT2D eigenvalue weighted by Gasteiger charge is -2.35. The van der Waals surface area contributed by atoms with E-state index in [2.05, 4.69) is 34.1 Å². The minimum Gasteiger partial charge on any atom is -0.301 e. The molecule has 5 rings (SSSR count). The second kappa shape index (κ2) is 9.82. The summed E-state index contributed by atoms with van der Waals surface area (Å²) in [5, 5.41) is 0. The van der Waals surface area contributed by atoms with Crippen molar-refractivity contribution in [3.63, 3.8) is 0 Å². The molecule has 1 atom stereocenters. The molecule has 33 heavy (non-hydrogen) atoms. The summed E-state index contributed by atoms with van der Waals surface area (Å²) in [6, 6.07) is 25.7. The highest BCUT2D eigenvalue weighted by molar-refractivity contribution is 6.09. The van der Waals surface area contributed by atoms with E-state index in [0.717, 1.165) is 68.5 Å². The number of carbonyl (C=O) groups is 2. The molecule has 4 nitrogen and oxygen atoms in total. The van der Waals surface area contributed by atoms with Crippen LogP contribution in [0.5, 0.6) is 0 Å². The minimum atomic E-state index is -0.102. The number of aldehydes is 1. The molecule has 1 unspecified atom stereocenters. The van der Waals surface area contributed by atoms with Gasteiger partial charge < -0.3 is 4.79 Å². The van der Waals surface area contributed by atoms with Crippen LogP contribution in [-0.2, 0) is 17.9 Å². The molecule has 0 aliphatic carbocycles. The van der Waals surface area contributed by atoms with Gasteiger partial charge in [-0.3, -0.25) is 14.6 Å². The second-order valence-electron chi connectivity index (χ2n) is 9.28. The molecular weight excluding hydrogens is 408 g/mol. The van der Waals surface area contributed by atoms with Crippen molar-refractivity contribution < 1.29 is 9.59 Å². The third-order valence-corrected chi connectivity index (χ3v) is 7.16. The van der Waals surface area contributed by atoms with Gasteiger partial charge in [0.25, 0.3) is 0 Å². The van der Waals surface area contributed by atoms with Gasteiger partial charge in [-0.1, -0.05) is 78.9 Å². The number of piperidine rings is 1. The van der Waals surface area contributed by atoms with E-state index in [9.17, 15) is 9.59 Å². The average molecular weight is 439 g/mol. The van der Waals surface area contributed by atoms with Crippen LogP contribution in [0.15, 0.2) is 78.9 Å². The maximum atomic E-state index is 13.1. The Balaban J connectivity index is 1.19. The normalized spacial score (nSPS) is 19.3. The molecule has 2 aliphatic rings. The van der Waals surface area contributed by atoms with Gasteiger partial charge in [-0.25, -0.2) is 0 Å². The van der Waals surface area contributed by atoms with E-state index >= 15 is 0 Å². The highest BCUT2D eigenvalue weighted by atomic mass is 16.1. The Morgan fingerprint density at radius 2 is 1.58 bits per heavy atom. The molecule has 4 heteroatoms. The fourth-order valence-electron chi connectivity index (χ4n) is 5.34. The van der Waals surface area contributed by atoms with Gasteiger partial charge in [-0.2, -0.15) is 0 Å². The Hall–Kier alpha value is -3.08. The van der Waals surface area contributed by atoms with Gasteiger partial charge in [0.1, 0.15) is 6.29 Å². The second-order valence-corrected chi connectivity index (χ2v) is 9.28. The molecule has 0 aromatic heterocycles. The number of ketones is 1. The molecule has 0 radical (unpaired) electrons. The molecule has 0 N–H and O–H groups in total. The fraction of sp³-hybridized carbons (Fsp3) is 0.310. The number of likely N-dealkylation sites (tertiary alicyclic amines) is 1. The first kappa shape index (κ1) is 21.7. The first-order valence-corrected chi connectivity index (χ1v) is 11.9. The Kier molecular flexibility index (Phi) is 6.47. The molecule has 168 valence electrons. The summed E-state index contributed by atoms with van der Waals surface area (Å²) in [5.41, 5.74) is 5.09. The van der Waals surface area contributed by atoms with Crippen LogP contribution in [0, 0.1) is 5.92 Å². The number of rotatable bonds is 7. The maximum absolute atomic E-state index is 13.1. The van der Waals surface area contributed by atoms with Crippen LogP contribution >= 0.6 is 0 Å². The summed E-state index contributed by atoms with van der Waals surface area (Å²) < 4.78 is 0. The molecule has 1 saturated heterocycles. The average Bonchev–Trinajstić information content (AvgIpc) is 3.22. The van der Waals surface area contributed by atoms with Crippen molar-refractivity contribution in [2.45, 2.75) is 32.0 Å². The lowest BCUT2D eigenvalue weighted by Crippen LogP contribution is -2.38. The fourth-order valence-corrected chi connectivity index (χ4v) is 5.34. The minimum absolute atomic E-state index is 0.0922. The molecule has 0 saturated carbocycles. The number of carbonyl (C=O) groups excluding carboxylic acids is 2. The van der Waals surface area contributed by atoms with E-state index in [0.29, 0.717) is 5.92 Å². The topological polar surface area (TPSA) is 40.6 Å². The zero-order valence-corrected chi connectivity index (χ0v) is 18.9. The number of nitrogens with zero attached hydrogens (tertiary/aromatic N) is 2. The van der Waals surface area contributed by atoms with Crippen LogP contribution in [0.1, 0.15) is 51.5 Å². The Labute approximate surface area is 195 Å². The molecule has 3 aromatic rings. The number of hydrogen-bond acceptors (Lipinski definition) is 4. The van der Waals surface area contributed by atoms with Crippen LogP contribution in [0.25, 0.3) is 0 Å². The molecule has 0 amide bonds. The molecule has 2 heterocycles. The number of benzene rings is 3. The first-order chi connectivity index (χ1) is 16.2.